The van der Waals surface area contributed by atoms with Crippen molar-refractivity contribution in [3.63, 3.8) is 0 Å². The van der Waals surface area contributed by atoms with Gasteiger partial charge in [-0.2, -0.15) is 0 Å². The van der Waals surface area contributed by atoms with Gasteiger partial charge in [0.25, 0.3) is 0 Å². The summed E-state index contributed by atoms with van der Waals surface area (Å²) in [4.78, 5) is 10.3. The van der Waals surface area contributed by atoms with Gasteiger partial charge in [0.05, 0.1) is 6.61 Å². The molecular formula is C8H16O3. The number of rotatable bonds is 5. The Balaban J connectivity index is 3.45. The van der Waals surface area contributed by atoms with Gasteiger partial charge in [-0.05, 0) is 12.8 Å². The first kappa shape index (κ1) is 10.4. The predicted molar refractivity (Wildman–Crippen MR) is 42.5 cm³/mol. The summed E-state index contributed by atoms with van der Waals surface area (Å²) in [5.74, 6) is -0.454. The van der Waals surface area contributed by atoms with Crippen molar-refractivity contribution in [2.24, 2.45) is 5.92 Å². The molecule has 0 aliphatic carbocycles. The molecule has 11 heavy (non-hydrogen) atoms. The van der Waals surface area contributed by atoms with Crippen LogP contribution in [-0.4, -0.2) is 23.8 Å². The molecule has 0 aliphatic heterocycles. The van der Waals surface area contributed by atoms with Gasteiger partial charge < -0.3 is 9.84 Å². The number of hydrogen-bond donors (Lipinski definition) is 1. The number of carbonyl (C=O) groups is 1. The molecule has 0 radical (unpaired) electrons. The van der Waals surface area contributed by atoms with Crippen LogP contribution in [0.1, 0.15) is 27.2 Å². The summed E-state index contributed by atoms with van der Waals surface area (Å²) in [5, 5.41) is 8.44. The van der Waals surface area contributed by atoms with Gasteiger partial charge in [0.1, 0.15) is 0 Å². The Bertz CT molecular complexity index is 123. The van der Waals surface area contributed by atoms with Crippen molar-refractivity contribution >= 4 is 5.97 Å². The third kappa shape index (κ3) is 4.79. The summed E-state index contributed by atoms with van der Waals surface area (Å²) in [6, 6.07) is 0. The van der Waals surface area contributed by atoms with E-state index in [-0.39, 0.29) is 0 Å². The Morgan fingerprint density at radius 3 is 2.45 bits per heavy atom. The minimum Gasteiger partial charge on any atom is -0.479 e. The lowest BCUT2D eigenvalue weighted by Crippen LogP contribution is -2.22. The molecule has 0 aliphatic rings. The third-order valence-corrected chi connectivity index (χ3v) is 1.68. The first-order valence-corrected chi connectivity index (χ1v) is 3.92. The van der Waals surface area contributed by atoms with Crippen molar-refractivity contribution in [3.8, 4) is 0 Å². The van der Waals surface area contributed by atoms with Crippen molar-refractivity contribution in [2.45, 2.75) is 33.3 Å². The maximum Gasteiger partial charge on any atom is 0.332 e. The molecule has 0 amide bonds. The van der Waals surface area contributed by atoms with Crippen molar-refractivity contribution in [2.75, 3.05) is 6.61 Å². The maximum atomic E-state index is 10.3. The zero-order chi connectivity index (χ0) is 8.85. The average molecular weight is 160 g/mol. The Morgan fingerprint density at radius 2 is 2.09 bits per heavy atom. The van der Waals surface area contributed by atoms with Crippen molar-refractivity contribution < 1.29 is 14.6 Å². The van der Waals surface area contributed by atoms with E-state index >= 15 is 0 Å². The maximum absolute atomic E-state index is 10.3. The van der Waals surface area contributed by atoms with Crippen LogP contribution in [0.15, 0.2) is 0 Å². The Labute approximate surface area is 67.4 Å². The summed E-state index contributed by atoms with van der Waals surface area (Å²) in [5.41, 5.74) is 0. The van der Waals surface area contributed by atoms with Gasteiger partial charge in [0, 0.05) is 0 Å². The number of carboxylic acids is 1. The molecule has 3 nitrogen and oxygen atoms in total. The molecule has 0 aromatic heterocycles. The largest absolute Gasteiger partial charge is 0.479 e. The van der Waals surface area contributed by atoms with E-state index in [0.29, 0.717) is 12.5 Å². The fourth-order valence-corrected chi connectivity index (χ4v) is 0.498. The Hall–Kier alpha value is -0.570. The molecule has 0 saturated heterocycles. The smallest absolute Gasteiger partial charge is 0.332 e. The van der Waals surface area contributed by atoms with Crippen LogP contribution in [0.4, 0.5) is 0 Å². The van der Waals surface area contributed by atoms with E-state index in [0.717, 1.165) is 6.42 Å². The summed E-state index contributed by atoms with van der Waals surface area (Å²) in [6.45, 7) is 6.17. The van der Waals surface area contributed by atoms with E-state index < -0.39 is 12.1 Å². The molecule has 0 bridgehead atoms. The number of hydrogen-bond acceptors (Lipinski definition) is 2. The van der Waals surface area contributed by atoms with E-state index in [4.69, 9.17) is 9.84 Å². The first-order valence-electron chi connectivity index (χ1n) is 3.92. The van der Waals surface area contributed by atoms with E-state index in [1.54, 1.807) is 6.92 Å². The highest BCUT2D eigenvalue weighted by Crippen LogP contribution is 2.02. The molecule has 3 heteroatoms. The van der Waals surface area contributed by atoms with Crippen LogP contribution in [0.5, 0.6) is 0 Å². The van der Waals surface area contributed by atoms with Gasteiger partial charge in [0.2, 0.25) is 0 Å². The van der Waals surface area contributed by atoms with Crippen LogP contribution >= 0.6 is 0 Å². The second kappa shape index (κ2) is 5.13. The topological polar surface area (TPSA) is 46.5 Å². The summed E-state index contributed by atoms with van der Waals surface area (Å²) in [7, 11) is 0. The van der Waals surface area contributed by atoms with Crippen LogP contribution < -0.4 is 0 Å². The highest BCUT2D eigenvalue weighted by Gasteiger charge is 2.11. The highest BCUT2D eigenvalue weighted by molar-refractivity contribution is 5.71. The summed E-state index contributed by atoms with van der Waals surface area (Å²) < 4.78 is 5.06. The fraction of sp³-hybridized carbons (Fsp3) is 0.875. The SMILES string of the molecule is CC[C@H](C)CO[C@@H](C)C(=O)O. The molecule has 0 saturated carbocycles. The van der Waals surface area contributed by atoms with Crippen molar-refractivity contribution in [3.05, 3.63) is 0 Å². The highest BCUT2D eigenvalue weighted by atomic mass is 16.5. The number of aliphatic carboxylic acids is 1. The molecule has 0 aromatic rings. The third-order valence-electron chi connectivity index (χ3n) is 1.68. The zero-order valence-corrected chi connectivity index (χ0v) is 7.33. The van der Waals surface area contributed by atoms with E-state index in [9.17, 15) is 4.79 Å². The van der Waals surface area contributed by atoms with Crippen LogP contribution in [0.2, 0.25) is 0 Å². The van der Waals surface area contributed by atoms with Gasteiger partial charge in [-0.15, -0.1) is 0 Å². The van der Waals surface area contributed by atoms with Gasteiger partial charge >= 0.3 is 5.97 Å². The molecular weight excluding hydrogens is 144 g/mol. The second-order valence-corrected chi connectivity index (χ2v) is 2.83. The van der Waals surface area contributed by atoms with E-state index in [1.807, 2.05) is 6.92 Å². The lowest BCUT2D eigenvalue weighted by molar-refractivity contribution is -0.149. The Morgan fingerprint density at radius 1 is 1.55 bits per heavy atom. The predicted octanol–water partition coefficient (Wildman–Crippen LogP) is 1.52. The minimum atomic E-state index is -0.895. The van der Waals surface area contributed by atoms with Crippen LogP contribution in [0.25, 0.3) is 0 Å². The number of carboxylic acid groups (broad SMARTS) is 1. The monoisotopic (exact) mass is 160 g/mol. The lowest BCUT2D eigenvalue weighted by atomic mass is 10.1. The zero-order valence-electron chi connectivity index (χ0n) is 7.33. The fourth-order valence-electron chi connectivity index (χ4n) is 0.498. The molecule has 0 rings (SSSR count). The van der Waals surface area contributed by atoms with E-state index in [2.05, 4.69) is 6.92 Å². The Kier molecular flexibility index (Phi) is 4.86. The van der Waals surface area contributed by atoms with Gasteiger partial charge in [0.15, 0.2) is 6.10 Å². The molecule has 0 fully saturated rings. The van der Waals surface area contributed by atoms with Gasteiger partial charge in [-0.3, -0.25) is 0 Å². The quantitative estimate of drug-likeness (QED) is 0.663. The summed E-state index contributed by atoms with van der Waals surface area (Å²) in [6.07, 6.45) is 0.343. The molecule has 0 aromatic carbocycles. The first-order chi connectivity index (χ1) is 5.07. The van der Waals surface area contributed by atoms with Crippen LogP contribution in [0, 0.1) is 5.92 Å². The minimum absolute atomic E-state index is 0.441. The molecule has 2 atom stereocenters. The number of ether oxygens (including phenoxy) is 1. The molecule has 1 N–H and O–H groups in total. The van der Waals surface area contributed by atoms with Gasteiger partial charge in [-0.25, -0.2) is 4.79 Å². The summed E-state index contributed by atoms with van der Waals surface area (Å²) >= 11 is 0. The van der Waals surface area contributed by atoms with Crippen LogP contribution in [-0.2, 0) is 9.53 Å². The average Bonchev–Trinajstić information content (AvgIpc) is 1.99. The molecule has 0 heterocycles. The van der Waals surface area contributed by atoms with Crippen molar-refractivity contribution in [1.82, 2.24) is 0 Å². The molecule has 0 unspecified atom stereocenters. The normalized spacial score (nSPS) is 15.9. The lowest BCUT2D eigenvalue weighted by Gasteiger charge is -2.11. The van der Waals surface area contributed by atoms with Crippen LogP contribution in [0.3, 0.4) is 0 Å². The molecule has 66 valence electrons. The van der Waals surface area contributed by atoms with E-state index in [1.165, 1.54) is 0 Å². The molecule has 0 spiro atoms. The second-order valence-electron chi connectivity index (χ2n) is 2.83. The van der Waals surface area contributed by atoms with Gasteiger partial charge in [-0.1, -0.05) is 20.3 Å². The van der Waals surface area contributed by atoms with Crippen molar-refractivity contribution in [1.29, 1.82) is 0 Å². The standard InChI is InChI=1S/C8H16O3/c1-4-6(2)5-11-7(3)8(9)10/h6-7H,4-5H2,1-3H3,(H,9,10)/t6-,7-/m0/s1.